The average molecular weight is 676 g/mol. The van der Waals surface area contributed by atoms with Crippen molar-refractivity contribution in [3.05, 3.63) is 70.6 Å². The first kappa shape index (κ1) is 32.7. The van der Waals surface area contributed by atoms with E-state index in [1.165, 1.54) is 12.1 Å². The zero-order chi connectivity index (χ0) is 33.0. The van der Waals surface area contributed by atoms with E-state index < -0.39 is 48.8 Å². The highest BCUT2D eigenvalue weighted by Crippen LogP contribution is 2.59. The molecule has 4 N–H and O–H groups in total. The molecule has 6 rings (SSSR count). The van der Waals surface area contributed by atoms with Crippen LogP contribution in [0.1, 0.15) is 65.7 Å². The summed E-state index contributed by atoms with van der Waals surface area (Å²) in [7, 11) is -5.78. The number of nitrogens with one attached hydrogen (secondary N) is 1. The summed E-state index contributed by atoms with van der Waals surface area (Å²) >= 11 is 0.987. The highest BCUT2D eigenvalue weighted by atomic mass is 32.1. The number of nitrogens with zero attached hydrogens (tertiary/aromatic N) is 2. The van der Waals surface area contributed by atoms with Crippen LogP contribution >= 0.6 is 18.9 Å². The van der Waals surface area contributed by atoms with E-state index >= 15 is 0 Å². The number of likely N-dealkylation sites (tertiary alicyclic amines) is 1. The van der Waals surface area contributed by atoms with Crippen molar-refractivity contribution in [3.63, 3.8) is 0 Å². The van der Waals surface area contributed by atoms with E-state index in [9.17, 15) is 32.8 Å². The number of hydrogen-bond acceptors (Lipinski definition) is 6. The molecule has 0 spiro atoms. The second-order valence-corrected chi connectivity index (χ2v) is 15.4. The summed E-state index contributed by atoms with van der Waals surface area (Å²) < 4.78 is 40.4. The number of alkyl halides is 2. The number of benzene rings is 2. The van der Waals surface area contributed by atoms with Crippen molar-refractivity contribution in [1.29, 1.82) is 0 Å². The Morgan fingerprint density at radius 2 is 1.78 bits per heavy atom. The van der Waals surface area contributed by atoms with E-state index in [1.807, 2.05) is 23.1 Å². The van der Waals surface area contributed by atoms with Gasteiger partial charge in [-0.3, -0.25) is 18.9 Å². The molecule has 6 atom stereocenters. The number of hydrogen-bond donors (Lipinski definition) is 4. The molecule has 0 radical (unpaired) electrons. The molecule has 1 aromatic heterocycles. The molecule has 0 aliphatic carbocycles. The molecule has 0 unspecified atom stereocenters. The fraction of sp³-hybridized carbons (Fsp3) is 0.469. The van der Waals surface area contributed by atoms with Gasteiger partial charge in [-0.15, -0.1) is 11.3 Å². The monoisotopic (exact) mass is 675 g/mol. The van der Waals surface area contributed by atoms with Crippen molar-refractivity contribution in [2.24, 2.45) is 5.92 Å². The Morgan fingerprint density at radius 1 is 1.04 bits per heavy atom. The SMILES string of the molecule is C[C@@H]1C[C@H](NC(=O)c2cc3cc(C(F)(F)P(=O)(O)O)ccc3s2)C(=O)N2[C@H](CC[C@H]2C(=O)N2CC[C@@H](c3ccccc3)C2)C[C@H]1O. The van der Waals surface area contributed by atoms with Crippen LogP contribution in [0.2, 0.25) is 0 Å². The van der Waals surface area contributed by atoms with Crippen LogP contribution in [-0.2, 0) is 19.8 Å². The first-order valence-corrected chi connectivity index (χ1v) is 17.8. The van der Waals surface area contributed by atoms with Gasteiger partial charge in [-0.2, -0.15) is 8.78 Å². The van der Waals surface area contributed by atoms with Gasteiger partial charge in [0.25, 0.3) is 5.91 Å². The Bertz CT molecular complexity index is 1700. The fourth-order valence-electron chi connectivity index (χ4n) is 7.04. The van der Waals surface area contributed by atoms with Gasteiger partial charge in [0.1, 0.15) is 12.1 Å². The third-order valence-corrected chi connectivity index (χ3v) is 11.8. The number of aliphatic hydroxyl groups is 1. The minimum atomic E-state index is -5.78. The van der Waals surface area contributed by atoms with Crippen LogP contribution in [0.3, 0.4) is 0 Å². The van der Waals surface area contributed by atoms with Crippen molar-refractivity contribution >= 4 is 46.7 Å². The number of carbonyl (C=O) groups is 3. The molecule has 246 valence electrons. The summed E-state index contributed by atoms with van der Waals surface area (Å²) in [5, 5.41) is 13.9. The number of rotatable bonds is 6. The number of aliphatic hydroxyl groups excluding tert-OH is 1. The van der Waals surface area contributed by atoms with Crippen molar-refractivity contribution in [2.75, 3.05) is 13.1 Å². The number of halogens is 2. The largest absolute Gasteiger partial charge is 0.399 e. The molecule has 3 aromatic rings. The third kappa shape index (κ3) is 6.11. The maximum atomic E-state index is 14.3. The normalized spacial score (nSPS) is 27.4. The number of carbonyl (C=O) groups excluding carboxylic acids is 3. The fourth-order valence-corrected chi connectivity index (χ4v) is 8.46. The van der Waals surface area contributed by atoms with Crippen LogP contribution in [0.25, 0.3) is 10.1 Å². The van der Waals surface area contributed by atoms with Gasteiger partial charge in [0, 0.05) is 35.3 Å². The summed E-state index contributed by atoms with van der Waals surface area (Å²) in [6.07, 6.45) is 1.56. The minimum Gasteiger partial charge on any atom is -0.393 e. The van der Waals surface area contributed by atoms with Gasteiger partial charge >= 0.3 is 13.3 Å². The summed E-state index contributed by atoms with van der Waals surface area (Å²) in [6, 6.07) is 12.3. The molecule has 14 heteroatoms. The van der Waals surface area contributed by atoms with Crippen LogP contribution in [0.4, 0.5) is 8.78 Å². The van der Waals surface area contributed by atoms with Crippen LogP contribution in [-0.4, -0.2) is 79.7 Å². The lowest BCUT2D eigenvalue weighted by Gasteiger charge is -2.39. The number of amides is 3. The minimum absolute atomic E-state index is 0.115. The standard InChI is InChI=1S/C32H36F2N3O7PS/c1-18-13-24(35-29(39)28-15-21-14-22(7-10-27(21)46-28)32(33,34)45(42,43)44)30(40)37-23(16-26(18)38)8-9-25(37)31(41)36-12-11-20(17-36)19-5-3-2-4-6-19/h2-7,10,14-15,18,20,23-26,38H,8-9,11-13,16-17H2,1H3,(H,35,39)(H2,42,43,44)/t18-,20-,23-,24+,25+,26-/m1/s1. The first-order valence-electron chi connectivity index (χ1n) is 15.4. The predicted molar refractivity (Wildman–Crippen MR) is 167 cm³/mol. The van der Waals surface area contributed by atoms with Gasteiger partial charge in [0.2, 0.25) is 11.8 Å². The second kappa shape index (κ2) is 12.4. The van der Waals surface area contributed by atoms with Gasteiger partial charge in [0.15, 0.2) is 0 Å². The maximum Gasteiger partial charge on any atom is 0.399 e. The van der Waals surface area contributed by atoms with Crippen molar-refractivity contribution < 1.29 is 42.6 Å². The quantitative estimate of drug-likeness (QED) is 0.284. The molecule has 3 amide bonds. The van der Waals surface area contributed by atoms with Crippen LogP contribution in [0.15, 0.2) is 54.6 Å². The zero-order valence-corrected chi connectivity index (χ0v) is 26.8. The smallest absolute Gasteiger partial charge is 0.393 e. The van der Waals surface area contributed by atoms with Gasteiger partial charge < -0.3 is 30.0 Å². The summed E-state index contributed by atoms with van der Waals surface area (Å²) in [5.74, 6) is -1.27. The molecular weight excluding hydrogens is 639 g/mol. The predicted octanol–water partition coefficient (Wildman–Crippen LogP) is 4.39. The molecule has 4 heterocycles. The molecular formula is C32H36F2N3O7PS. The third-order valence-electron chi connectivity index (χ3n) is 9.65. The van der Waals surface area contributed by atoms with Gasteiger partial charge in [-0.25, -0.2) is 0 Å². The van der Waals surface area contributed by atoms with Crippen LogP contribution in [0.5, 0.6) is 0 Å². The highest BCUT2D eigenvalue weighted by molar-refractivity contribution is 7.52. The van der Waals surface area contributed by atoms with Crippen molar-refractivity contribution in [3.8, 4) is 0 Å². The van der Waals surface area contributed by atoms with Gasteiger partial charge in [-0.1, -0.05) is 43.3 Å². The number of fused-ring (bicyclic) bond motifs is 2. The van der Waals surface area contributed by atoms with Crippen molar-refractivity contribution in [1.82, 2.24) is 15.1 Å². The van der Waals surface area contributed by atoms with E-state index in [-0.39, 0.29) is 40.5 Å². The molecule has 3 aliphatic heterocycles. The van der Waals surface area contributed by atoms with Crippen LogP contribution < -0.4 is 5.32 Å². The zero-order valence-electron chi connectivity index (χ0n) is 25.1. The summed E-state index contributed by atoms with van der Waals surface area (Å²) in [5.41, 5.74) is -4.11. The van der Waals surface area contributed by atoms with E-state index in [1.54, 1.807) is 11.8 Å². The number of thiophene rings is 1. The van der Waals surface area contributed by atoms with Gasteiger partial charge in [-0.05, 0) is 67.2 Å². The van der Waals surface area contributed by atoms with Crippen molar-refractivity contribution in [2.45, 2.75) is 74.8 Å². The molecule has 2 aromatic carbocycles. The Hall–Kier alpha value is -3.22. The lowest BCUT2D eigenvalue weighted by atomic mass is 9.88. The molecule has 3 saturated heterocycles. The molecule has 3 fully saturated rings. The Labute approximate surface area is 268 Å². The van der Waals surface area contributed by atoms with E-state index in [2.05, 4.69) is 17.4 Å². The lowest BCUT2D eigenvalue weighted by Crippen LogP contribution is -2.58. The Kier molecular flexibility index (Phi) is 8.84. The Balaban J connectivity index is 1.21. The average Bonchev–Trinajstić information content (AvgIpc) is 3.77. The van der Waals surface area contributed by atoms with Gasteiger partial charge in [0.05, 0.1) is 11.0 Å². The lowest BCUT2D eigenvalue weighted by molar-refractivity contribution is -0.148. The molecule has 3 aliphatic rings. The molecule has 0 bridgehead atoms. The van der Waals surface area contributed by atoms with E-state index in [4.69, 9.17) is 9.79 Å². The molecule has 46 heavy (non-hydrogen) atoms. The Morgan fingerprint density at radius 3 is 2.50 bits per heavy atom. The highest BCUT2D eigenvalue weighted by Gasteiger charge is 2.51. The topological polar surface area (TPSA) is 147 Å². The molecule has 0 saturated carbocycles. The van der Waals surface area contributed by atoms with E-state index in [0.29, 0.717) is 37.1 Å². The maximum absolute atomic E-state index is 14.3. The second-order valence-electron chi connectivity index (χ2n) is 12.7. The first-order chi connectivity index (χ1) is 21.7. The summed E-state index contributed by atoms with van der Waals surface area (Å²) in [6.45, 7) is 2.94. The summed E-state index contributed by atoms with van der Waals surface area (Å²) in [4.78, 5) is 63.2. The van der Waals surface area contributed by atoms with E-state index in [0.717, 1.165) is 35.5 Å². The van der Waals surface area contributed by atoms with Crippen LogP contribution in [0, 0.1) is 5.92 Å². The molecule has 10 nitrogen and oxygen atoms in total.